The van der Waals surface area contributed by atoms with Crippen LogP contribution in [0.3, 0.4) is 0 Å². The van der Waals surface area contributed by atoms with Crippen LogP contribution in [-0.4, -0.2) is 5.11 Å². The van der Waals surface area contributed by atoms with Crippen molar-refractivity contribution in [2.24, 2.45) is 5.92 Å². The summed E-state index contributed by atoms with van der Waals surface area (Å²) < 4.78 is 13.4. The number of aliphatic hydroxyl groups excluding tert-OH is 1. The van der Waals surface area contributed by atoms with E-state index in [1.54, 1.807) is 6.07 Å². The van der Waals surface area contributed by atoms with Gasteiger partial charge in [0.25, 0.3) is 0 Å². The fraction of sp³-hybridized carbons (Fsp3) is 0.455. The fourth-order valence-corrected chi connectivity index (χ4v) is 1.86. The number of halogens is 2. The summed E-state index contributed by atoms with van der Waals surface area (Å²) in [6, 6.07) is 4.36. The van der Waals surface area contributed by atoms with Gasteiger partial charge >= 0.3 is 0 Å². The van der Waals surface area contributed by atoms with Crippen molar-refractivity contribution in [2.45, 2.75) is 26.4 Å². The summed E-state index contributed by atoms with van der Waals surface area (Å²) in [5.41, 5.74) is 0.751. The molecule has 0 spiro atoms. The largest absolute Gasteiger partial charge is 0.388 e. The molecule has 0 radical (unpaired) electrons. The van der Waals surface area contributed by atoms with Gasteiger partial charge in [0.15, 0.2) is 0 Å². The van der Waals surface area contributed by atoms with Crippen LogP contribution in [0.5, 0.6) is 0 Å². The van der Waals surface area contributed by atoms with Gasteiger partial charge in [-0.3, -0.25) is 0 Å². The second-order valence-electron chi connectivity index (χ2n) is 3.50. The lowest BCUT2D eigenvalue weighted by atomic mass is 9.95. The number of hydrogen-bond acceptors (Lipinski definition) is 1. The molecule has 0 bridgehead atoms. The Hall–Kier alpha value is -0.410. The smallest absolute Gasteiger partial charge is 0.124 e. The third-order valence-electron chi connectivity index (χ3n) is 2.46. The van der Waals surface area contributed by atoms with E-state index < -0.39 is 6.10 Å². The number of benzene rings is 1. The zero-order valence-corrected chi connectivity index (χ0v) is 9.88. The Bertz CT molecular complexity index is 314. The average Bonchev–Trinajstić information content (AvgIpc) is 2.15. The maximum Gasteiger partial charge on any atom is 0.124 e. The van der Waals surface area contributed by atoms with Gasteiger partial charge in [0, 0.05) is 4.47 Å². The normalized spacial score (nSPS) is 15.2. The highest BCUT2D eigenvalue weighted by atomic mass is 79.9. The summed E-state index contributed by atoms with van der Waals surface area (Å²) in [5.74, 6) is -0.117. The molecule has 2 unspecified atom stereocenters. The van der Waals surface area contributed by atoms with E-state index in [0.29, 0.717) is 4.47 Å². The van der Waals surface area contributed by atoms with Crippen LogP contribution in [0.1, 0.15) is 31.9 Å². The van der Waals surface area contributed by atoms with Crippen molar-refractivity contribution < 1.29 is 9.50 Å². The van der Waals surface area contributed by atoms with Crippen LogP contribution in [0.25, 0.3) is 0 Å². The van der Waals surface area contributed by atoms with Gasteiger partial charge in [0.05, 0.1) is 6.10 Å². The summed E-state index contributed by atoms with van der Waals surface area (Å²) >= 11 is 3.25. The first-order valence-corrected chi connectivity index (χ1v) is 5.48. The molecule has 78 valence electrons. The average molecular weight is 261 g/mol. The van der Waals surface area contributed by atoms with Crippen LogP contribution in [0, 0.1) is 11.7 Å². The van der Waals surface area contributed by atoms with Crippen LogP contribution in [-0.2, 0) is 0 Å². The van der Waals surface area contributed by atoms with Gasteiger partial charge in [0.1, 0.15) is 5.82 Å². The predicted octanol–water partition coefficient (Wildman–Crippen LogP) is 3.67. The van der Waals surface area contributed by atoms with Crippen LogP contribution in [0.15, 0.2) is 22.7 Å². The number of aliphatic hydroxyl groups is 1. The first-order valence-electron chi connectivity index (χ1n) is 4.69. The summed E-state index contributed by atoms with van der Waals surface area (Å²) in [5, 5.41) is 9.91. The van der Waals surface area contributed by atoms with Crippen molar-refractivity contribution in [1.82, 2.24) is 0 Å². The molecule has 0 aromatic heterocycles. The molecule has 0 aliphatic heterocycles. The van der Waals surface area contributed by atoms with Gasteiger partial charge in [-0.2, -0.15) is 0 Å². The van der Waals surface area contributed by atoms with Crippen LogP contribution in [0.2, 0.25) is 0 Å². The van der Waals surface area contributed by atoms with Crippen molar-refractivity contribution in [2.75, 3.05) is 0 Å². The molecule has 1 aromatic carbocycles. The van der Waals surface area contributed by atoms with Crippen LogP contribution in [0.4, 0.5) is 4.39 Å². The molecule has 1 N–H and O–H groups in total. The van der Waals surface area contributed by atoms with Gasteiger partial charge in [-0.15, -0.1) is 0 Å². The number of rotatable bonds is 3. The highest BCUT2D eigenvalue weighted by Gasteiger charge is 2.17. The lowest BCUT2D eigenvalue weighted by Crippen LogP contribution is -2.08. The van der Waals surface area contributed by atoms with Crippen molar-refractivity contribution >= 4 is 15.9 Å². The van der Waals surface area contributed by atoms with Crippen LogP contribution >= 0.6 is 15.9 Å². The Morgan fingerprint density at radius 2 is 2.14 bits per heavy atom. The molecule has 0 fully saturated rings. The fourth-order valence-electron chi connectivity index (χ4n) is 1.27. The second kappa shape index (κ2) is 4.89. The van der Waals surface area contributed by atoms with Gasteiger partial charge in [-0.25, -0.2) is 4.39 Å². The maximum atomic E-state index is 12.8. The molecule has 0 heterocycles. The highest BCUT2D eigenvalue weighted by molar-refractivity contribution is 9.10. The van der Waals surface area contributed by atoms with E-state index in [9.17, 15) is 9.50 Å². The molecule has 14 heavy (non-hydrogen) atoms. The summed E-state index contributed by atoms with van der Waals surface area (Å²) in [6.45, 7) is 3.99. The van der Waals surface area contributed by atoms with Gasteiger partial charge in [-0.1, -0.05) is 42.3 Å². The molecule has 3 heteroatoms. The Kier molecular flexibility index (Phi) is 4.08. The molecule has 0 aliphatic rings. The predicted molar refractivity (Wildman–Crippen MR) is 58.5 cm³/mol. The number of hydrogen-bond donors (Lipinski definition) is 1. The summed E-state index contributed by atoms with van der Waals surface area (Å²) in [4.78, 5) is 0. The zero-order chi connectivity index (χ0) is 10.7. The maximum absolute atomic E-state index is 12.8. The Morgan fingerprint density at radius 1 is 1.50 bits per heavy atom. The summed E-state index contributed by atoms with van der Waals surface area (Å²) in [7, 11) is 0. The van der Waals surface area contributed by atoms with E-state index in [2.05, 4.69) is 15.9 Å². The molecular weight excluding hydrogens is 247 g/mol. The molecule has 0 amide bonds. The van der Waals surface area contributed by atoms with Gasteiger partial charge in [-0.05, 0) is 23.6 Å². The Balaban J connectivity index is 2.95. The first kappa shape index (κ1) is 11.7. The SMILES string of the molecule is CCC(C)C(O)c1ccc(F)cc1Br. The summed E-state index contributed by atoms with van der Waals surface area (Å²) in [6.07, 6.45) is 0.361. The minimum Gasteiger partial charge on any atom is -0.388 e. The van der Waals surface area contributed by atoms with E-state index in [4.69, 9.17) is 0 Å². The standard InChI is InChI=1S/C11H14BrFO/c1-3-7(2)11(14)9-5-4-8(13)6-10(9)12/h4-7,11,14H,3H2,1-2H3. The molecule has 0 saturated carbocycles. The van der Waals surface area contributed by atoms with Gasteiger partial charge in [0.2, 0.25) is 0 Å². The quantitative estimate of drug-likeness (QED) is 0.880. The van der Waals surface area contributed by atoms with E-state index in [1.807, 2.05) is 13.8 Å². The molecular formula is C11H14BrFO. The lowest BCUT2D eigenvalue weighted by Gasteiger charge is -2.18. The molecule has 2 atom stereocenters. The van der Waals surface area contributed by atoms with Gasteiger partial charge < -0.3 is 5.11 Å². The molecule has 0 aliphatic carbocycles. The first-order chi connectivity index (χ1) is 6.56. The van der Waals surface area contributed by atoms with Crippen molar-refractivity contribution in [3.63, 3.8) is 0 Å². The van der Waals surface area contributed by atoms with E-state index in [-0.39, 0.29) is 11.7 Å². The molecule has 1 aromatic rings. The topological polar surface area (TPSA) is 20.2 Å². The van der Waals surface area contributed by atoms with Crippen molar-refractivity contribution in [3.05, 3.63) is 34.1 Å². The Labute approximate surface area is 92.1 Å². The molecule has 1 rings (SSSR count). The second-order valence-corrected chi connectivity index (χ2v) is 4.35. The minimum atomic E-state index is -0.532. The van der Waals surface area contributed by atoms with Crippen molar-refractivity contribution in [3.8, 4) is 0 Å². The monoisotopic (exact) mass is 260 g/mol. The Morgan fingerprint density at radius 3 is 2.64 bits per heavy atom. The molecule has 0 saturated heterocycles. The van der Waals surface area contributed by atoms with E-state index in [1.165, 1.54) is 12.1 Å². The van der Waals surface area contributed by atoms with Crippen molar-refractivity contribution in [1.29, 1.82) is 0 Å². The third kappa shape index (κ3) is 2.55. The van der Waals surface area contributed by atoms with E-state index in [0.717, 1.165) is 12.0 Å². The van der Waals surface area contributed by atoms with E-state index >= 15 is 0 Å². The minimum absolute atomic E-state index is 0.178. The third-order valence-corrected chi connectivity index (χ3v) is 3.15. The lowest BCUT2D eigenvalue weighted by molar-refractivity contribution is 0.115. The van der Waals surface area contributed by atoms with Crippen LogP contribution < -0.4 is 0 Å². The highest BCUT2D eigenvalue weighted by Crippen LogP contribution is 2.30. The zero-order valence-electron chi connectivity index (χ0n) is 8.30. The molecule has 1 nitrogen and oxygen atoms in total.